The van der Waals surface area contributed by atoms with Gasteiger partial charge in [0, 0.05) is 19.6 Å². The molecule has 4 nitrogen and oxygen atoms in total. The first kappa shape index (κ1) is 18.2. The van der Waals surface area contributed by atoms with Gasteiger partial charge >= 0.3 is 0 Å². The number of aliphatic hydroxyl groups is 1. The van der Waals surface area contributed by atoms with Crippen LogP contribution in [0.25, 0.3) is 0 Å². The van der Waals surface area contributed by atoms with Crippen molar-refractivity contribution in [3.05, 3.63) is 29.8 Å². The lowest BCUT2D eigenvalue weighted by Gasteiger charge is -2.35. The van der Waals surface area contributed by atoms with Gasteiger partial charge in [0.2, 0.25) is 0 Å². The first-order chi connectivity index (χ1) is 10.9. The summed E-state index contributed by atoms with van der Waals surface area (Å²) in [5.41, 5.74) is 0.955. The number of benzene rings is 1. The van der Waals surface area contributed by atoms with Crippen molar-refractivity contribution >= 4 is 0 Å². The normalized spacial score (nSPS) is 23.9. The van der Waals surface area contributed by atoms with E-state index in [4.69, 9.17) is 9.47 Å². The molecule has 1 aliphatic heterocycles. The lowest BCUT2D eigenvalue weighted by atomic mass is 10.1. The van der Waals surface area contributed by atoms with E-state index < -0.39 is 6.10 Å². The zero-order chi connectivity index (χ0) is 16.8. The summed E-state index contributed by atoms with van der Waals surface area (Å²) in [6, 6.07) is 7.81. The highest BCUT2D eigenvalue weighted by atomic mass is 16.5. The van der Waals surface area contributed by atoms with Crippen LogP contribution in [0.5, 0.6) is 5.75 Å². The highest BCUT2D eigenvalue weighted by molar-refractivity contribution is 5.28. The van der Waals surface area contributed by atoms with Gasteiger partial charge in [-0.1, -0.05) is 26.0 Å². The molecular formula is C19H31NO3. The summed E-state index contributed by atoms with van der Waals surface area (Å²) in [5.74, 6) is 1.38. The van der Waals surface area contributed by atoms with Crippen LogP contribution in [0.2, 0.25) is 0 Å². The van der Waals surface area contributed by atoms with Crippen molar-refractivity contribution in [3.8, 4) is 5.75 Å². The molecule has 3 unspecified atom stereocenters. The highest BCUT2D eigenvalue weighted by Crippen LogP contribution is 2.22. The molecule has 1 aliphatic rings. The molecule has 0 spiro atoms. The Morgan fingerprint density at radius 1 is 1.17 bits per heavy atom. The van der Waals surface area contributed by atoms with E-state index in [2.05, 4.69) is 32.6 Å². The molecule has 0 bridgehead atoms. The first-order valence-corrected chi connectivity index (χ1v) is 8.72. The van der Waals surface area contributed by atoms with E-state index in [-0.39, 0.29) is 12.2 Å². The van der Waals surface area contributed by atoms with Crippen LogP contribution >= 0.6 is 0 Å². The third kappa shape index (κ3) is 6.13. The van der Waals surface area contributed by atoms with E-state index in [0.717, 1.165) is 44.0 Å². The predicted molar refractivity (Wildman–Crippen MR) is 92.8 cm³/mol. The van der Waals surface area contributed by atoms with Crippen molar-refractivity contribution in [3.63, 3.8) is 0 Å². The first-order valence-electron chi connectivity index (χ1n) is 8.72. The number of morpholine rings is 1. The minimum Gasteiger partial charge on any atom is -0.493 e. The Labute approximate surface area is 140 Å². The van der Waals surface area contributed by atoms with Crippen molar-refractivity contribution in [1.82, 2.24) is 4.90 Å². The molecule has 4 heteroatoms. The van der Waals surface area contributed by atoms with Crippen LogP contribution in [-0.2, 0) is 4.74 Å². The molecule has 0 amide bonds. The average Bonchev–Trinajstić information content (AvgIpc) is 2.50. The van der Waals surface area contributed by atoms with Crippen LogP contribution in [0, 0.1) is 5.92 Å². The number of nitrogens with zero attached hydrogens (tertiary/aromatic N) is 1. The molecule has 23 heavy (non-hydrogen) atoms. The van der Waals surface area contributed by atoms with E-state index in [9.17, 15) is 5.11 Å². The standard InChI is InChI=1S/C19H31NO3/c1-14(2)13-22-18-7-5-17(6-8-18)19(21)9-10-20-11-15(3)23-16(4)12-20/h5-8,14-16,19,21H,9-13H2,1-4H3. The van der Waals surface area contributed by atoms with Crippen molar-refractivity contribution < 1.29 is 14.6 Å². The number of aliphatic hydroxyl groups excluding tert-OH is 1. The molecule has 2 rings (SSSR count). The van der Waals surface area contributed by atoms with E-state index in [0.29, 0.717) is 5.92 Å². The maximum atomic E-state index is 10.4. The Balaban J connectivity index is 1.79. The predicted octanol–water partition coefficient (Wildman–Crippen LogP) is 3.25. The second-order valence-electron chi connectivity index (χ2n) is 7.10. The molecule has 1 aromatic rings. The van der Waals surface area contributed by atoms with E-state index >= 15 is 0 Å². The van der Waals surface area contributed by atoms with Gasteiger partial charge in [0.05, 0.1) is 24.9 Å². The Kier molecular flexibility index (Phi) is 6.88. The van der Waals surface area contributed by atoms with Crippen LogP contribution in [0.3, 0.4) is 0 Å². The quantitative estimate of drug-likeness (QED) is 0.837. The Bertz CT molecular complexity index is 450. The molecule has 0 aliphatic carbocycles. The van der Waals surface area contributed by atoms with Crippen LogP contribution in [0.1, 0.15) is 45.8 Å². The van der Waals surface area contributed by atoms with Gasteiger partial charge in [-0.3, -0.25) is 4.90 Å². The third-order valence-corrected chi connectivity index (χ3v) is 4.06. The minimum atomic E-state index is -0.428. The fraction of sp³-hybridized carbons (Fsp3) is 0.684. The van der Waals surface area contributed by atoms with Crippen LogP contribution < -0.4 is 4.74 Å². The summed E-state index contributed by atoms with van der Waals surface area (Å²) in [7, 11) is 0. The molecular weight excluding hydrogens is 290 g/mol. The molecule has 1 heterocycles. The number of hydrogen-bond donors (Lipinski definition) is 1. The van der Waals surface area contributed by atoms with Gasteiger partial charge in [0.25, 0.3) is 0 Å². The van der Waals surface area contributed by atoms with Crippen LogP contribution in [-0.4, -0.2) is 48.5 Å². The number of ether oxygens (including phenoxy) is 2. The summed E-state index contributed by atoms with van der Waals surface area (Å²) in [5, 5.41) is 10.4. The number of hydrogen-bond acceptors (Lipinski definition) is 4. The van der Waals surface area contributed by atoms with Crippen LogP contribution in [0.4, 0.5) is 0 Å². The monoisotopic (exact) mass is 321 g/mol. The Hall–Kier alpha value is -1.10. The molecule has 0 radical (unpaired) electrons. The second kappa shape index (κ2) is 8.67. The summed E-state index contributed by atoms with van der Waals surface area (Å²) < 4.78 is 11.4. The van der Waals surface area contributed by atoms with Gasteiger partial charge in [-0.2, -0.15) is 0 Å². The molecule has 0 saturated carbocycles. The summed E-state index contributed by atoms with van der Waals surface area (Å²) in [6.45, 7) is 12.0. The van der Waals surface area contributed by atoms with Gasteiger partial charge in [0.1, 0.15) is 5.75 Å². The molecule has 1 N–H and O–H groups in total. The van der Waals surface area contributed by atoms with E-state index in [1.54, 1.807) is 0 Å². The average molecular weight is 321 g/mol. The molecule has 0 aromatic heterocycles. The summed E-state index contributed by atoms with van der Waals surface area (Å²) >= 11 is 0. The zero-order valence-electron chi connectivity index (χ0n) is 14.9. The maximum absolute atomic E-state index is 10.4. The smallest absolute Gasteiger partial charge is 0.119 e. The van der Waals surface area contributed by atoms with E-state index in [1.807, 2.05) is 24.3 Å². The fourth-order valence-electron chi connectivity index (χ4n) is 2.99. The molecule has 3 atom stereocenters. The van der Waals surface area contributed by atoms with Gasteiger partial charge < -0.3 is 14.6 Å². The van der Waals surface area contributed by atoms with Crippen molar-refractivity contribution in [1.29, 1.82) is 0 Å². The molecule has 1 aromatic carbocycles. The van der Waals surface area contributed by atoms with Gasteiger partial charge in [-0.25, -0.2) is 0 Å². The Morgan fingerprint density at radius 3 is 2.35 bits per heavy atom. The zero-order valence-corrected chi connectivity index (χ0v) is 14.9. The lowest BCUT2D eigenvalue weighted by molar-refractivity contribution is -0.0702. The Morgan fingerprint density at radius 2 is 1.78 bits per heavy atom. The SMILES string of the molecule is CC(C)COc1ccc(C(O)CCN2CC(C)OC(C)C2)cc1. The lowest BCUT2D eigenvalue weighted by Crippen LogP contribution is -2.45. The summed E-state index contributed by atoms with van der Waals surface area (Å²) in [6.07, 6.45) is 0.857. The molecule has 1 fully saturated rings. The van der Waals surface area contributed by atoms with Crippen molar-refractivity contribution in [2.75, 3.05) is 26.2 Å². The third-order valence-electron chi connectivity index (χ3n) is 4.06. The van der Waals surface area contributed by atoms with Crippen LogP contribution in [0.15, 0.2) is 24.3 Å². The van der Waals surface area contributed by atoms with Gasteiger partial charge in [-0.15, -0.1) is 0 Å². The second-order valence-corrected chi connectivity index (χ2v) is 7.10. The van der Waals surface area contributed by atoms with Crippen molar-refractivity contribution in [2.45, 2.75) is 52.4 Å². The number of rotatable bonds is 7. The highest BCUT2D eigenvalue weighted by Gasteiger charge is 2.22. The fourth-order valence-corrected chi connectivity index (χ4v) is 2.99. The maximum Gasteiger partial charge on any atom is 0.119 e. The molecule has 130 valence electrons. The van der Waals surface area contributed by atoms with Gasteiger partial charge in [-0.05, 0) is 43.9 Å². The minimum absolute atomic E-state index is 0.272. The van der Waals surface area contributed by atoms with E-state index in [1.165, 1.54) is 0 Å². The van der Waals surface area contributed by atoms with Crippen molar-refractivity contribution in [2.24, 2.45) is 5.92 Å². The van der Waals surface area contributed by atoms with Gasteiger partial charge in [0.15, 0.2) is 0 Å². The topological polar surface area (TPSA) is 41.9 Å². The molecule has 1 saturated heterocycles. The summed E-state index contributed by atoms with van der Waals surface area (Å²) in [4.78, 5) is 2.38. The largest absolute Gasteiger partial charge is 0.493 e.